The summed E-state index contributed by atoms with van der Waals surface area (Å²) < 4.78 is 16.9. The number of esters is 1. The van der Waals surface area contributed by atoms with Gasteiger partial charge >= 0.3 is 11.8 Å². The predicted molar refractivity (Wildman–Crippen MR) is 77.2 cm³/mol. The summed E-state index contributed by atoms with van der Waals surface area (Å²) in [6, 6.07) is 14.7. The Morgan fingerprint density at radius 2 is 1.81 bits per heavy atom. The van der Waals surface area contributed by atoms with Gasteiger partial charge in [-0.1, -0.05) is 36.4 Å². The Kier molecular flexibility index (Phi) is 3.29. The van der Waals surface area contributed by atoms with Gasteiger partial charge in [-0.25, -0.2) is 4.79 Å². The summed E-state index contributed by atoms with van der Waals surface area (Å²) >= 11 is 0. The molecule has 2 aromatic carbocycles. The minimum atomic E-state index is -1.56. The van der Waals surface area contributed by atoms with E-state index in [0.717, 1.165) is 5.56 Å². The van der Waals surface area contributed by atoms with Gasteiger partial charge in [-0.2, -0.15) is 0 Å². The maximum atomic E-state index is 12.4. The van der Waals surface area contributed by atoms with Gasteiger partial charge in [0.1, 0.15) is 0 Å². The topological polar surface area (TPSA) is 44.8 Å². The molecular weight excluding hydrogens is 268 g/mol. The first-order valence-corrected chi connectivity index (χ1v) is 6.87. The lowest BCUT2D eigenvalue weighted by atomic mass is 10.1. The van der Waals surface area contributed by atoms with E-state index < -0.39 is 11.8 Å². The zero-order chi connectivity index (χ0) is 14.9. The van der Waals surface area contributed by atoms with Gasteiger partial charge in [-0.05, 0) is 31.5 Å². The highest BCUT2D eigenvalue weighted by molar-refractivity contribution is 5.82. The van der Waals surface area contributed by atoms with Crippen LogP contribution < -0.4 is 9.47 Å². The first kappa shape index (κ1) is 13.5. The second kappa shape index (κ2) is 5.13. The van der Waals surface area contributed by atoms with Crippen molar-refractivity contribution in [2.75, 3.05) is 6.61 Å². The van der Waals surface area contributed by atoms with E-state index in [9.17, 15) is 4.79 Å². The predicted octanol–water partition coefficient (Wildman–Crippen LogP) is 3.18. The summed E-state index contributed by atoms with van der Waals surface area (Å²) in [5, 5.41) is 0. The molecule has 0 spiro atoms. The summed E-state index contributed by atoms with van der Waals surface area (Å²) in [7, 11) is 0. The molecule has 108 valence electrons. The van der Waals surface area contributed by atoms with Crippen molar-refractivity contribution in [3.05, 3.63) is 59.7 Å². The standard InChI is InChI=1S/C17H16O4/c1-3-19-16(18)17(13-7-5-4-6-8-13)20-14-10-9-12(2)11-15(14)21-17/h4-11H,3H2,1-2H3. The number of carbonyl (C=O) groups excluding carboxylic acids is 1. The third-order valence-electron chi connectivity index (χ3n) is 3.30. The van der Waals surface area contributed by atoms with Crippen LogP contribution in [-0.2, 0) is 15.3 Å². The molecule has 0 aromatic heterocycles. The van der Waals surface area contributed by atoms with Gasteiger partial charge in [0.2, 0.25) is 0 Å². The van der Waals surface area contributed by atoms with Crippen molar-refractivity contribution in [2.24, 2.45) is 0 Å². The fourth-order valence-electron chi connectivity index (χ4n) is 2.31. The molecule has 0 aliphatic carbocycles. The molecule has 1 aliphatic rings. The van der Waals surface area contributed by atoms with Crippen LogP contribution in [0.2, 0.25) is 0 Å². The van der Waals surface area contributed by atoms with Crippen LogP contribution in [0, 0.1) is 6.92 Å². The van der Waals surface area contributed by atoms with Crippen LogP contribution in [0.4, 0.5) is 0 Å². The Morgan fingerprint density at radius 3 is 2.52 bits per heavy atom. The molecule has 0 bridgehead atoms. The number of benzene rings is 2. The Bertz CT molecular complexity index is 666. The second-order valence-electron chi connectivity index (χ2n) is 4.86. The van der Waals surface area contributed by atoms with Crippen LogP contribution in [0.3, 0.4) is 0 Å². The molecule has 0 radical (unpaired) electrons. The highest BCUT2D eigenvalue weighted by atomic mass is 16.8. The van der Waals surface area contributed by atoms with Gasteiger partial charge in [-0.15, -0.1) is 0 Å². The molecule has 1 aliphatic heterocycles. The summed E-state index contributed by atoms with van der Waals surface area (Å²) in [5.74, 6) is -1.03. The van der Waals surface area contributed by atoms with Crippen LogP contribution in [0.5, 0.6) is 11.5 Å². The fraction of sp³-hybridized carbons (Fsp3) is 0.235. The number of carbonyl (C=O) groups is 1. The molecule has 0 saturated carbocycles. The first-order valence-electron chi connectivity index (χ1n) is 6.87. The molecule has 0 amide bonds. The molecule has 4 nitrogen and oxygen atoms in total. The average molecular weight is 284 g/mol. The van der Waals surface area contributed by atoms with Crippen molar-refractivity contribution in [3.63, 3.8) is 0 Å². The summed E-state index contributed by atoms with van der Waals surface area (Å²) in [4.78, 5) is 12.4. The summed E-state index contributed by atoms with van der Waals surface area (Å²) in [5.41, 5.74) is 1.64. The quantitative estimate of drug-likeness (QED) is 0.812. The smallest absolute Gasteiger partial charge is 0.398 e. The number of hydrogen-bond donors (Lipinski definition) is 0. The first-order chi connectivity index (χ1) is 10.2. The molecule has 1 unspecified atom stereocenters. The summed E-state index contributed by atoms with van der Waals surface area (Å²) in [6.07, 6.45) is 0. The van der Waals surface area contributed by atoms with Crippen molar-refractivity contribution in [1.29, 1.82) is 0 Å². The zero-order valence-corrected chi connectivity index (χ0v) is 12.0. The van der Waals surface area contributed by atoms with Crippen molar-refractivity contribution >= 4 is 5.97 Å². The van der Waals surface area contributed by atoms with Crippen LogP contribution in [0.25, 0.3) is 0 Å². The Balaban J connectivity index is 2.07. The van der Waals surface area contributed by atoms with Crippen LogP contribution in [0.15, 0.2) is 48.5 Å². The highest BCUT2D eigenvalue weighted by Gasteiger charge is 2.52. The lowest BCUT2D eigenvalue weighted by Crippen LogP contribution is -2.45. The Morgan fingerprint density at radius 1 is 1.10 bits per heavy atom. The molecule has 1 atom stereocenters. The van der Waals surface area contributed by atoms with Gasteiger partial charge in [0, 0.05) is 5.56 Å². The van der Waals surface area contributed by atoms with Crippen molar-refractivity contribution in [1.82, 2.24) is 0 Å². The molecule has 0 N–H and O–H groups in total. The van der Waals surface area contributed by atoms with E-state index in [1.807, 2.05) is 37.3 Å². The monoisotopic (exact) mass is 284 g/mol. The van der Waals surface area contributed by atoms with Crippen molar-refractivity contribution in [2.45, 2.75) is 19.6 Å². The van der Waals surface area contributed by atoms with Gasteiger partial charge in [0.25, 0.3) is 0 Å². The fourth-order valence-corrected chi connectivity index (χ4v) is 2.31. The van der Waals surface area contributed by atoms with Gasteiger partial charge in [0.05, 0.1) is 6.61 Å². The van der Waals surface area contributed by atoms with E-state index in [1.54, 1.807) is 25.1 Å². The highest BCUT2D eigenvalue weighted by Crippen LogP contribution is 2.45. The van der Waals surface area contributed by atoms with E-state index >= 15 is 0 Å². The van der Waals surface area contributed by atoms with Gasteiger partial charge < -0.3 is 14.2 Å². The maximum Gasteiger partial charge on any atom is 0.398 e. The molecule has 0 fully saturated rings. The molecule has 3 rings (SSSR count). The van der Waals surface area contributed by atoms with E-state index in [-0.39, 0.29) is 6.61 Å². The average Bonchev–Trinajstić information content (AvgIpc) is 2.88. The molecule has 0 saturated heterocycles. The molecular formula is C17H16O4. The SMILES string of the molecule is CCOC(=O)C1(c2ccccc2)Oc2ccc(C)cc2O1. The number of aryl methyl sites for hydroxylation is 1. The number of fused-ring (bicyclic) bond motifs is 1. The Hall–Kier alpha value is -2.49. The summed E-state index contributed by atoms with van der Waals surface area (Å²) in [6.45, 7) is 3.97. The number of ether oxygens (including phenoxy) is 3. The molecule has 1 heterocycles. The number of hydrogen-bond acceptors (Lipinski definition) is 4. The van der Waals surface area contributed by atoms with E-state index in [2.05, 4.69) is 0 Å². The minimum absolute atomic E-state index is 0.259. The maximum absolute atomic E-state index is 12.4. The van der Waals surface area contributed by atoms with E-state index in [1.165, 1.54) is 0 Å². The van der Waals surface area contributed by atoms with Crippen LogP contribution in [-0.4, -0.2) is 12.6 Å². The van der Waals surface area contributed by atoms with Gasteiger partial charge in [0.15, 0.2) is 11.5 Å². The van der Waals surface area contributed by atoms with Crippen molar-refractivity contribution in [3.8, 4) is 11.5 Å². The third-order valence-corrected chi connectivity index (χ3v) is 3.30. The van der Waals surface area contributed by atoms with Crippen LogP contribution in [0.1, 0.15) is 18.1 Å². The van der Waals surface area contributed by atoms with Crippen molar-refractivity contribution < 1.29 is 19.0 Å². The Labute approximate surface area is 123 Å². The van der Waals surface area contributed by atoms with Crippen LogP contribution >= 0.6 is 0 Å². The lowest BCUT2D eigenvalue weighted by Gasteiger charge is -2.25. The van der Waals surface area contributed by atoms with Gasteiger partial charge in [-0.3, -0.25) is 0 Å². The van der Waals surface area contributed by atoms with E-state index in [0.29, 0.717) is 17.1 Å². The molecule has 4 heteroatoms. The molecule has 2 aromatic rings. The molecule has 21 heavy (non-hydrogen) atoms. The second-order valence-corrected chi connectivity index (χ2v) is 4.86. The largest absolute Gasteiger partial charge is 0.460 e. The zero-order valence-electron chi connectivity index (χ0n) is 12.0. The van der Waals surface area contributed by atoms with E-state index in [4.69, 9.17) is 14.2 Å². The number of rotatable bonds is 3. The minimum Gasteiger partial charge on any atom is -0.460 e. The lowest BCUT2D eigenvalue weighted by molar-refractivity contribution is -0.186. The third kappa shape index (κ3) is 2.23. The normalized spacial score (nSPS) is 19.3.